The molecule has 0 bridgehead atoms. The van der Waals surface area contributed by atoms with Gasteiger partial charge in [-0.2, -0.15) is 0 Å². The van der Waals surface area contributed by atoms with E-state index in [-0.39, 0.29) is 0 Å². The Hall–Kier alpha value is -0.730. The van der Waals surface area contributed by atoms with Gasteiger partial charge in [-0.1, -0.05) is 44.4 Å². The van der Waals surface area contributed by atoms with E-state index in [9.17, 15) is 0 Å². The molecule has 2 nitrogen and oxygen atoms in total. The molecule has 1 atom stereocenters. The van der Waals surface area contributed by atoms with E-state index in [0.717, 1.165) is 18.1 Å². The Labute approximate surface area is 128 Å². The van der Waals surface area contributed by atoms with Gasteiger partial charge in [-0.05, 0) is 37.5 Å². The predicted molar refractivity (Wildman–Crippen MR) is 88.7 cm³/mol. The lowest BCUT2D eigenvalue weighted by Gasteiger charge is -2.30. The zero-order chi connectivity index (χ0) is 14.5. The minimum absolute atomic E-state index is 0.483. The fraction of sp³-hybridized carbons (Fsp3) is 0.647. The molecule has 0 aliphatic carbocycles. The average molecular weight is 295 g/mol. The van der Waals surface area contributed by atoms with Crippen molar-refractivity contribution in [2.24, 2.45) is 0 Å². The van der Waals surface area contributed by atoms with Gasteiger partial charge >= 0.3 is 0 Å². The van der Waals surface area contributed by atoms with Crippen LogP contribution in [-0.4, -0.2) is 18.6 Å². The molecule has 20 heavy (non-hydrogen) atoms. The third-order valence-corrected chi connectivity index (χ3v) is 4.47. The van der Waals surface area contributed by atoms with Gasteiger partial charge < -0.3 is 10.2 Å². The Morgan fingerprint density at radius 1 is 1.30 bits per heavy atom. The zero-order valence-electron chi connectivity index (χ0n) is 13.0. The largest absolute Gasteiger partial charge is 0.369 e. The molecule has 1 saturated heterocycles. The van der Waals surface area contributed by atoms with Crippen molar-refractivity contribution in [2.75, 3.05) is 11.4 Å². The maximum absolute atomic E-state index is 6.45. The smallest absolute Gasteiger partial charge is 0.0471 e. The van der Waals surface area contributed by atoms with Crippen LogP contribution in [-0.2, 0) is 6.54 Å². The van der Waals surface area contributed by atoms with Crippen LogP contribution in [0.25, 0.3) is 0 Å². The second-order valence-corrected chi connectivity index (χ2v) is 6.61. The lowest BCUT2D eigenvalue weighted by atomic mass is 10.1. The number of halogens is 1. The van der Waals surface area contributed by atoms with Crippen molar-refractivity contribution in [3.05, 3.63) is 28.8 Å². The van der Waals surface area contributed by atoms with Gasteiger partial charge in [0.1, 0.15) is 0 Å². The van der Waals surface area contributed by atoms with Crippen molar-refractivity contribution in [1.29, 1.82) is 0 Å². The van der Waals surface area contributed by atoms with E-state index in [1.807, 2.05) is 0 Å². The molecule has 1 aliphatic rings. The van der Waals surface area contributed by atoms with Gasteiger partial charge in [0.15, 0.2) is 0 Å². The van der Waals surface area contributed by atoms with Crippen LogP contribution in [0.1, 0.15) is 52.0 Å². The first kappa shape index (κ1) is 15.7. The Kier molecular flexibility index (Phi) is 5.74. The first-order valence-electron chi connectivity index (χ1n) is 7.86. The first-order chi connectivity index (χ1) is 9.58. The topological polar surface area (TPSA) is 15.3 Å². The van der Waals surface area contributed by atoms with Crippen LogP contribution in [0.5, 0.6) is 0 Å². The van der Waals surface area contributed by atoms with Crippen molar-refractivity contribution >= 4 is 17.3 Å². The minimum atomic E-state index is 0.483. The quantitative estimate of drug-likeness (QED) is 0.872. The molecular formula is C17H27ClN2. The molecule has 112 valence electrons. The highest BCUT2D eigenvalue weighted by Crippen LogP contribution is 2.28. The summed E-state index contributed by atoms with van der Waals surface area (Å²) in [5.74, 6) is 0. The number of hydrogen-bond acceptors (Lipinski definition) is 2. The Morgan fingerprint density at radius 3 is 2.80 bits per heavy atom. The van der Waals surface area contributed by atoms with E-state index in [1.54, 1.807) is 0 Å². The molecule has 3 heteroatoms. The highest BCUT2D eigenvalue weighted by atomic mass is 35.5. The molecule has 1 heterocycles. The average Bonchev–Trinajstić information content (AvgIpc) is 2.62. The molecule has 1 N–H and O–H groups in total. The number of nitrogens with zero attached hydrogens (tertiary/aromatic N) is 1. The minimum Gasteiger partial charge on any atom is -0.369 e. The second kappa shape index (κ2) is 7.33. The third-order valence-electron chi connectivity index (χ3n) is 4.12. The SMILES string of the molecule is CC(C)NCc1ccc(N2CCCCCC2C)cc1Cl. The van der Waals surface area contributed by atoms with Crippen molar-refractivity contribution in [2.45, 2.75) is 65.1 Å². The number of hydrogen-bond donors (Lipinski definition) is 1. The molecule has 0 saturated carbocycles. The van der Waals surface area contributed by atoms with Gasteiger partial charge in [0.2, 0.25) is 0 Å². The van der Waals surface area contributed by atoms with E-state index in [0.29, 0.717) is 12.1 Å². The van der Waals surface area contributed by atoms with E-state index in [2.05, 4.69) is 49.2 Å². The normalized spacial score (nSPS) is 20.2. The summed E-state index contributed by atoms with van der Waals surface area (Å²) >= 11 is 6.45. The van der Waals surface area contributed by atoms with Crippen LogP contribution in [0.2, 0.25) is 5.02 Å². The molecule has 2 rings (SSSR count). The van der Waals surface area contributed by atoms with Gasteiger partial charge in [-0.15, -0.1) is 0 Å². The maximum Gasteiger partial charge on any atom is 0.0471 e. The molecule has 0 radical (unpaired) electrons. The summed E-state index contributed by atoms with van der Waals surface area (Å²) in [4.78, 5) is 2.51. The first-order valence-corrected chi connectivity index (χ1v) is 8.24. The number of anilines is 1. The molecule has 0 aromatic heterocycles. The summed E-state index contributed by atoms with van der Waals surface area (Å²) < 4.78 is 0. The molecule has 1 aromatic rings. The summed E-state index contributed by atoms with van der Waals surface area (Å²) in [6.45, 7) is 8.63. The highest BCUT2D eigenvalue weighted by Gasteiger charge is 2.17. The number of rotatable bonds is 4. The molecular weight excluding hydrogens is 268 g/mol. The zero-order valence-corrected chi connectivity index (χ0v) is 13.7. The maximum atomic E-state index is 6.45. The Morgan fingerprint density at radius 2 is 2.10 bits per heavy atom. The van der Waals surface area contributed by atoms with Crippen molar-refractivity contribution < 1.29 is 0 Å². The molecule has 0 spiro atoms. The molecule has 1 fully saturated rings. The predicted octanol–water partition coefficient (Wildman–Crippen LogP) is 4.61. The summed E-state index contributed by atoms with van der Waals surface area (Å²) in [5.41, 5.74) is 2.46. The summed E-state index contributed by atoms with van der Waals surface area (Å²) in [7, 11) is 0. The van der Waals surface area contributed by atoms with Crippen LogP contribution in [0.4, 0.5) is 5.69 Å². The van der Waals surface area contributed by atoms with E-state index in [4.69, 9.17) is 11.6 Å². The number of nitrogens with one attached hydrogen (secondary N) is 1. The molecule has 1 aliphatic heterocycles. The van der Waals surface area contributed by atoms with Crippen LogP contribution >= 0.6 is 11.6 Å². The Bertz CT molecular complexity index is 431. The van der Waals surface area contributed by atoms with E-state index in [1.165, 1.54) is 36.9 Å². The highest BCUT2D eigenvalue weighted by molar-refractivity contribution is 6.31. The second-order valence-electron chi connectivity index (χ2n) is 6.20. The van der Waals surface area contributed by atoms with Crippen LogP contribution in [0.15, 0.2) is 18.2 Å². The molecule has 1 unspecified atom stereocenters. The third kappa shape index (κ3) is 4.13. The van der Waals surface area contributed by atoms with Crippen LogP contribution in [0, 0.1) is 0 Å². The van der Waals surface area contributed by atoms with Gasteiger partial charge in [0.05, 0.1) is 0 Å². The van der Waals surface area contributed by atoms with Crippen LogP contribution in [0.3, 0.4) is 0 Å². The molecule has 1 aromatic carbocycles. The van der Waals surface area contributed by atoms with Gasteiger partial charge in [-0.25, -0.2) is 0 Å². The van der Waals surface area contributed by atoms with Crippen molar-refractivity contribution in [3.63, 3.8) is 0 Å². The van der Waals surface area contributed by atoms with Crippen molar-refractivity contribution in [1.82, 2.24) is 5.32 Å². The fourth-order valence-corrected chi connectivity index (χ4v) is 3.07. The lowest BCUT2D eigenvalue weighted by Crippen LogP contribution is -2.32. The van der Waals surface area contributed by atoms with Gasteiger partial charge in [-0.3, -0.25) is 0 Å². The van der Waals surface area contributed by atoms with Gasteiger partial charge in [0.25, 0.3) is 0 Å². The standard InChI is InChI=1S/C17H27ClN2/c1-13(2)19-12-15-8-9-16(11-17(15)18)20-10-6-4-5-7-14(20)3/h8-9,11,13-14,19H,4-7,10,12H2,1-3H3. The Balaban J connectivity index is 2.10. The summed E-state index contributed by atoms with van der Waals surface area (Å²) in [5, 5.41) is 4.30. The monoisotopic (exact) mass is 294 g/mol. The van der Waals surface area contributed by atoms with Crippen LogP contribution < -0.4 is 10.2 Å². The van der Waals surface area contributed by atoms with E-state index < -0.39 is 0 Å². The lowest BCUT2D eigenvalue weighted by molar-refractivity contribution is 0.588. The van der Waals surface area contributed by atoms with Crippen molar-refractivity contribution in [3.8, 4) is 0 Å². The van der Waals surface area contributed by atoms with Gasteiger partial charge in [0, 0.05) is 35.9 Å². The number of benzene rings is 1. The van der Waals surface area contributed by atoms with E-state index >= 15 is 0 Å². The summed E-state index contributed by atoms with van der Waals surface area (Å²) in [6.07, 6.45) is 5.28. The molecule has 0 amide bonds. The fourth-order valence-electron chi connectivity index (χ4n) is 2.83. The summed E-state index contributed by atoms with van der Waals surface area (Å²) in [6, 6.07) is 7.64.